The predicted molar refractivity (Wildman–Crippen MR) is 200 cm³/mol. The van der Waals surface area contributed by atoms with E-state index in [-0.39, 0.29) is 25.5 Å². The number of pyridine rings is 2. The van der Waals surface area contributed by atoms with Crippen LogP contribution in [0.25, 0.3) is 44.5 Å². The molecule has 3 aromatic heterocycles. The van der Waals surface area contributed by atoms with Crippen LogP contribution in [0.15, 0.2) is 126 Å². The van der Waals surface area contributed by atoms with Gasteiger partial charge in [0, 0.05) is 44.7 Å². The van der Waals surface area contributed by atoms with Crippen LogP contribution >= 0.6 is 0 Å². The minimum Gasteiger partial charge on any atom is -0.500 e. The second-order valence-electron chi connectivity index (χ2n) is 13.8. The predicted octanol–water partition coefficient (Wildman–Crippen LogP) is 11.0. The number of hydrogen-bond donors (Lipinski definition) is 0. The van der Waals surface area contributed by atoms with Gasteiger partial charge in [-0.05, 0) is 45.7 Å². The number of nitrogens with zero attached hydrogens (tertiary/aromatic N) is 2. The molecule has 245 valence electrons. The largest absolute Gasteiger partial charge is 0.500 e. The molecule has 7 aromatic rings. The molecule has 48 heavy (non-hydrogen) atoms. The first-order valence-electron chi connectivity index (χ1n) is 16.7. The van der Waals surface area contributed by atoms with Gasteiger partial charge in [-0.15, -0.1) is 59.7 Å². The molecule has 1 radical (unpaired) electrons. The van der Waals surface area contributed by atoms with Crippen molar-refractivity contribution in [2.75, 3.05) is 0 Å². The van der Waals surface area contributed by atoms with Gasteiger partial charge in [0.2, 0.25) is 0 Å². The SMILES string of the molecule is C[Si](C)(C)c1ccc(-c2[c-]cccc2)nc1.[2H]C(C)(C)c1ccnc(-c2[c-]cc3oc4cc(C(C)(C)c5ccccc5)ccc4c3c2)c1.[Ir]. The van der Waals surface area contributed by atoms with Gasteiger partial charge >= 0.3 is 0 Å². The van der Waals surface area contributed by atoms with Crippen LogP contribution in [0.4, 0.5) is 0 Å². The summed E-state index contributed by atoms with van der Waals surface area (Å²) in [5, 5.41) is 3.53. The van der Waals surface area contributed by atoms with Gasteiger partial charge in [-0.25, -0.2) is 0 Å². The Morgan fingerprint density at radius 2 is 1.50 bits per heavy atom. The maximum absolute atomic E-state index is 8.33. The van der Waals surface area contributed by atoms with Gasteiger partial charge in [0.1, 0.15) is 5.58 Å². The number of aromatic nitrogens is 2. The van der Waals surface area contributed by atoms with E-state index in [9.17, 15) is 0 Å². The molecule has 4 aromatic carbocycles. The van der Waals surface area contributed by atoms with Crippen LogP contribution in [0, 0.1) is 12.1 Å². The van der Waals surface area contributed by atoms with Crippen LogP contribution in [0.3, 0.4) is 0 Å². The van der Waals surface area contributed by atoms with Gasteiger partial charge in [0.05, 0.1) is 13.7 Å². The van der Waals surface area contributed by atoms with Crippen molar-refractivity contribution >= 4 is 35.2 Å². The smallest absolute Gasteiger partial charge is 0.121 e. The maximum Gasteiger partial charge on any atom is 0.121 e. The van der Waals surface area contributed by atoms with Crippen LogP contribution < -0.4 is 5.19 Å². The summed E-state index contributed by atoms with van der Waals surface area (Å²) < 4.78 is 14.5. The van der Waals surface area contributed by atoms with E-state index in [0.29, 0.717) is 0 Å². The van der Waals surface area contributed by atoms with Gasteiger partial charge in [0.15, 0.2) is 0 Å². The van der Waals surface area contributed by atoms with E-state index < -0.39 is 14.0 Å². The molecule has 0 aliphatic carbocycles. The second kappa shape index (κ2) is 14.5. The van der Waals surface area contributed by atoms with Crippen molar-refractivity contribution in [3.8, 4) is 22.5 Å². The van der Waals surface area contributed by atoms with Gasteiger partial charge in [-0.3, -0.25) is 0 Å². The molecule has 0 bridgehead atoms. The Labute approximate surface area is 301 Å². The van der Waals surface area contributed by atoms with E-state index in [1.807, 2.05) is 68.6 Å². The number of furan rings is 1. The molecule has 7 rings (SSSR count). The van der Waals surface area contributed by atoms with Crippen molar-refractivity contribution in [2.24, 2.45) is 0 Å². The summed E-state index contributed by atoms with van der Waals surface area (Å²) in [5.74, 6) is -0.675. The number of rotatable bonds is 6. The zero-order chi connectivity index (χ0) is 34.1. The van der Waals surface area contributed by atoms with Crippen LogP contribution in [0.1, 0.15) is 51.7 Å². The molecule has 0 atom stereocenters. The molecule has 0 aliphatic rings. The molecule has 5 heteroatoms. The average Bonchev–Trinajstić information content (AvgIpc) is 3.46. The molecule has 0 aliphatic heterocycles. The Balaban J connectivity index is 0.000000233. The molecule has 0 N–H and O–H groups in total. The third-order valence-corrected chi connectivity index (χ3v) is 10.9. The summed E-state index contributed by atoms with van der Waals surface area (Å²) in [5.41, 5.74) is 8.77. The van der Waals surface area contributed by atoms with Crippen molar-refractivity contribution in [1.82, 2.24) is 9.97 Å². The Kier molecular flexibility index (Phi) is 10.2. The van der Waals surface area contributed by atoms with Crippen LogP contribution in [-0.2, 0) is 25.5 Å². The Morgan fingerprint density at radius 1 is 0.729 bits per heavy atom. The fraction of sp³-hybridized carbons (Fsp3) is 0.209. The summed E-state index contributed by atoms with van der Waals surface area (Å²) in [4.78, 5) is 9.05. The summed E-state index contributed by atoms with van der Waals surface area (Å²) in [6.45, 7) is 15.2. The molecular formula is C43H42IrN2OSi-2. The maximum atomic E-state index is 8.33. The van der Waals surface area contributed by atoms with E-state index in [1.54, 1.807) is 6.20 Å². The Morgan fingerprint density at radius 3 is 2.17 bits per heavy atom. The molecule has 0 unspecified atom stereocenters. The van der Waals surface area contributed by atoms with Crippen molar-refractivity contribution in [2.45, 2.75) is 58.6 Å². The van der Waals surface area contributed by atoms with Crippen LogP contribution in [0.5, 0.6) is 0 Å². The minimum absolute atomic E-state index is 0. The Bertz CT molecular complexity index is 2170. The summed E-state index contributed by atoms with van der Waals surface area (Å²) in [6.07, 6.45) is 3.78. The third kappa shape index (κ3) is 7.60. The van der Waals surface area contributed by atoms with Gasteiger partial charge < -0.3 is 14.4 Å². The molecule has 3 heterocycles. The van der Waals surface area contributed by atoms with Gasteiger partial charge in [0.25, 0.3) is 0 Å². The molecule has 0 saturated carbocycles. The molecule has 0 amide bonds. The van der Waals surface area contributed by atoms with E-state index in [1.165, 1.54) is 16.3 Å². The van der Waals surface area contributed by atoms with E-state index in [2.05, 4.69) is 116 Å². The zero-order valence-corrected chi connectivity index (χ0v) is 32.1. The molecule has 0 fully saturated rings. The van der Waals surface area contributed by atoms with Crippen molar-refractivity contribution in [1.29, 1.82) is 0 Å². The monoisotopic (exact) mass is 824 g/mol. The molecule has 0 saturated heterocycles. The number of fused-ring (bicyclic) bond motifs is 3. The second-order valence-corrected chi connectivity index (χ2v) is 18.9. The summed E-state index contributed by atoms with van der Waals surface area (Å²) in [7, 11) is -1.23. The fourth-order valence-electron chi connectivity index (χ4n) is 5.72. The van der Waals surface area contributed by atoms with Gasteiger partial charge in [-0.1, -0.05) is 119 Å². The zero-order valence-electron chi connectivity index (χ0n) is 29.7. The number of benzene rings is 4. The summed E-state index contributed by atoms with van der Waals surface area (Å²) >= 11 is 0. The quantitative estimate of drug-likeness (QED) is 0.124. The normalized spacial score (nSPS) is 12.2. The first kappa shape index (κ1) is 33.7. The summed E-state index contributed by atoms with van der Waals surface area (Å²) in [6, 6.07) is 43.7. The minimum atomic E-state index is -1.23. The Hall–Kier alpha value is -4.15. The first-order chi connectivity index (χ1) is 22.8. The molecule has 3 nitrogen and oxygen atoms in total. The van der Waals surface area contributed by atoms with Crippen molar-refractivity contribution in [3.63, 3.8) is 0 Å². The standard InChI is InChI=1S/C29H26NO.C14H16NSi.Ir/c1-19(2)20-14-15-30-26(17-20)21-10-13-27-25(16-21)24-12-11-23(18-28(24)31-27)29(3,4)22-8-6-5-7-9-22;1-16(2,3)13-9-10-14(15-11-13)12-7-5-4-6-8-12;/h5-9,11-19H,1-4H3;4-7,9-11H,1-3H3;/q2*-1;/i19D;;. The van der Waals surface area contributed by atoms with Crippen molar-refractivity contribution < 1.29 is 25.9 Å². The van der Waals surface area contributed by atoms with Crippen molar-refractivity contribution in [3.05, 3.63) is 150 Å². The van der Waals surface area contributed by atoms with E-state index >= 15 is 0 Å². The van der Waals surface area contributed by atoms with E-state index in [4.69, 9.17) is 5.79 Å². The third-order valence-electron chi connectivity index (χ3n) is 8.85. The average molecular weight is 824 g/mol. The van der Waals surface area contributed by atoms with E-state index in [0.717, 1.165) is 50.0 Å². The first-order valence-corrected chi connectivity index (χ1v) is 19.7. The molecule has 0 spiro atoms. The fourth-order valence-corrected chi connectivity index (χ4v) is 6.75. The van der Waals surface area contributed by atoms with Crippen LogP contribution in [-0.4, -0.2) is 18.0 Å². The molecular weight excluding hydrogens is 781 g/mol. The number of hydrogen-bond acceptors (Lipinski definition) is 3. The van der Waals surface area contributed by atoms with Gasteiger partial charge in [-0.2, -0.15) is 0 Å². The topological polar surface area (TPSA) is 38.9 Å². The van der Waals surface area contributed by atoms with Crippen LogP contribution in [0.2, 0.25) is 19.6 Å².